The summed E-state index contributed by atoms with van der Waals surface area (Å²) in [6.07, 6.45) is 0.909. The number of phenols is 1. The second kappa shape index (κ2) is 14.4. The number of benzene rings is 3. The summed E-state index contributed by atoms with van der Waals surface area (Å²) in [6.45, 7) is 2.42. The van der Waals surface area contributed by atoms with Crippen molar-refractivity contribution in [1.29, 1.82) is 0 Å². The van der Waals surface area contributed by atoms with Crippen LogP contribution >= 0.6 is 11.8 Å². The first kappa shape index (κ1) is 31.1. The Morgan fingerprint density at radius 2 is 1.60 bits per heavy atom. The maximum Gasteiger partial charge on any atom is 0.341 e. The van der Waals surface area contributed by atoms with Crippen LogP contribution in [-0.4, -0.2) is 62.1 Å². The Hall–Kier alpha value is -3.80. The Kier molecular flexibility index (Phi) is 10.7. The molecular formula is C31H38N2O8S. The minimum atomic E-state index is -0.680. The summed E-state index contributed by atoms with van der Waals surface area (Å²) in [5.41, 5.74) is 3.41. The van der Waals surface area contributed by atoms with E-state index in [0.717, 1.165) is 22.4 Å². The highest BCUT2D eigenvalue weighted by Gasteiger charge is 2.31. The van der Waals surface area contributed by atoms with E-state index in [4.69, 9.17) is 23.7 Å². The van der Waals surface area contributed by atoms with Gasteiger partial charge in [0.05, 0.1) is 40.1 Å². The van der Waals surface area contributed by atoms with Crippen molar-refractivity contribution in [2.75, 3.05) is 40.7 Å². The number of carbonyl (C=O) groups excluding carboxylic acids is 1. The first-order chi connectivity index (χ1) is 20.2. The molecule has 10 nitrogen and oxygen atoms in total. The molecule has 1 saturated heterocycles. The van der Waals surface area contributed by atoms with Gasteiger partial charge in [0.25, 0.3) is 0 Å². The summed E-state index contributed by atoms with van der Waals surface area (Å²) in [5, 5.41) is 23.6. The molecule has 3 aromatic carbocycles. The van der Waals surface area contributed by atoms with Crippen LogP contribution in [0.2, 0.25) is 0 Å². The standard InChI is InChI=1S/C31H38N2O8S/c1-19-6-8-23(9-7-19)42-13-12-40-29-22(18-32-31(35)33(2)36)14-20(15-24(29)34)25-10-11-26(41-25)21-16-27(37-3)30(39-5)28(17-21)38-4/h6-9,14-17,25-26,34,36H,10-13,18H2,1-5H3,(H,32,35)/t25-,26+/m0/s1. The van der Waals surface area contributed by atoms with E-state index in [1.807, 2.05) is 25.1 Å². The van der Waals surface area contributed by atoms with E-state index < -0.39 is 6.03 Å². The Labute approximate surface area is 250 Å². The van der Waals surface area contributed by atoms with Crippen molar-refractivity contribution >= 4 is 17.8 Å². The number of amides is 2. The van der Waals surface area contributed by atoms with E-state index in [1.54, 1.807) is 39.2 Å². The SMILES string of the molecule is COc1cc([C@H]2CC[C@@H](c3cc(O)c(OCCSc4ccc(C)cc4)c(CNC(=O)N(C)O)c3)O2)cc(OC)c1OC. The molecule has 4 rings (SSSR count). The molecule has 0 spiro atoms. The van der Waals surface area contributed by atoms with E-state index in [-0.39, 0.29) is 30.3 Å². The van der Waals surface area contributed by atoms with Gasteiger partial charge >= 0.3 is 6.03 Å². The smallest absolute Gasteiger partial charge is 0.341 e. The summed E-state index contributed by atoms with van der Waals surface area (Å²) < 4.78 is 28.9. The van der Waals surface area contributed by atoms with Crippen molar-refractivity contribution in [3.63, 3.8) is 0 Å². The highest BCUT2D eigenvalue weighted by Crippen LogP contribution is 2.47. The summed E-state index contributed by atoms with van der Waals surface area (Å²) in [4.78, 5) is 13.2. The number of phenolic OH excluding ortho intramolecular Hbond substituents is 1. The van der Waals surface area contributed by atoms with E-state index in [9.17, 15) is 15.1 Å². The van der Waals surface area contributed by atoms with E-state index in [1.165, 1.54) is 12.6 Å². The maximum absolute atomic E-state index is 12.0. The van der Waals surface area contributed by atoms with Crippen LogP contribution < -0.4 is 24.3 Å². The fourth-order valence-corrected chi connectivity index (χ4v) is 5.55. The molecule has 1 fully saturated rings. The molecule has 226 valence electrons. The quantitative estimate of drug-likeness (QED) is 0.0995. The number of hydrogen-bond donors (Lipinski definition) is 3. The third-order valence-electron chi connectivity index (χ3n) is 6.96. The van der Waals surface area contributed by atoms with Crippen molar-refractivity contribution in [3.05, 3.63) is 70.8 Å². The van der Waals surface area contributed by atoms with E-state index in [2.05, 4.69) is 29.6 Å². The normalized spacial score (nSPS) is 16.1. The zero-order chi connectivity index (χ0) is 30.2. The van der Waals surface area contributed by atoms with E-state index >= 15 is 0 Å². The van der Waals surface area contributed by atoms with Crippen LogP contribution in [0.15, 0.2) is 53.4 Å². The number of carbonyl (C=O) groups is 1. The van der Waals surface area contributed by atoms with Gasteiger partial charge < -0.3 is 34.1 Å². The number of thioether (sulfide) groups is 1. The monoisotopic (exact) mass is 598 g/mol. The molecule has 2 amide bonds. The number of ether oxygens (including phenoxy) is 5. The lowest BCUT2D eigenvalue weighted by Crippen LogP contribution is -2.34. The van der Waals surface area contributed by atoms with Crippen LogP contribution in [0, 0.1) is 6.92 Å². The number of aryl methyl sites for hydroxylation is 1. The second-order valence-electron chi connectivity index (χ2n) is 9.87. The molecule has 0 aromatic heterocycles. The Morgan fingerprint density at radius 3 is 2.17 bits per heavy atom. The molecular weight excluding hydrogens is 560 g/mol. The fourth-order valence-electron chi connectivity index (χ4n) is 4.82. The highest BCUT2D eigenvalue weighted by molar-refractivity contribution is 7.99. The van der Waals surface area contributed by atoms with Gasteiger partial charge in [-0.2, -0.15) is 0 Å². The molecule has 3 aromatic rings. The average molecular weight is 599 g/mol. The molecule has 0 aliphatic carbocycles. The lowest BCUT2D eigenvalue weighted by atomic mass is 10.0. The van der Waals surface area contributed by atoms with Crippen LogP contribution in [0.4, 0.5) is 4.79 Å². The number of urea groups is 1. The van der Waals surface area contributed by atoms with Crippen molar-refractivity contribution in [1.82, 2.24) is 10.4 Å². The minimum Gasteiger partial charge on any atom is -0.504 e. The molecule has 3 N–H and O–H groups in total. The minimum absolute atomic E-state index is 0.0363. The van der Waals surface area contributed by atoms with Gasteiger partial charge in [-0.25, -0.2) is 9.86 Å². The molecule has 0 bridgehead atoms. The number of aromatic hydroxyl groups is 1. The van der Waals surface area contributed by atoms with Crippen LogP contribution in [0.3, 0.4) is 0 Å². The van der Waals surface area contributed by atoms with E-state index in [0.29, 0.717) is 46.7 Å². The van der Waals surface area contributed by atoms with Gasteiger partial charge in [-0.15, -0.1) is 11.8 Å². The molecule has 1 aliphatic heterocycles. The van der Waals surface area contributed by atoms with Gasteiger partial charge in [0.15, 0.2) is 23.0 Å². The van der Waals surface area contributed by atoms with Gasteiger partial charge in [-0.3, -0.25) is 5.21 Å². The van der Waals surface area contributed by atoms with Crippen LogP contribution in [-0.2, 0) is 11.3 Å². The number of nitrogens with zero attached hydrogens (tertiary/aromatic N) is 1. The summed E-state index contributed by atoms with van der Waals surface area (Å²) in [5.74, 6) is 2.50. The average Bonchev–Trinajstić information content (AvgIpc) is 3.49. The van der Waals surface area contributed by atoms with Crippen LogP contribution in [0.1, 0.15) is 47.3 Å². The third kappa shape index (κ3) is 7.53. The predicted octanol–water partition coefficient (Wildman–Crippen LogP) is 6.02. The van der Waals surface area contributed by atoms with Crippen molar-refractivity contribution in [2.45, 2.75) is 43.4 Å². The number of rotatable bonds is 12. The highest BCUT2D eigenvalue weighted by atomic mass is 32.2. The molecule has 1 aliphatic rings. The Balaban J connectivity index is 1.51. The lowest BCUT2D eigenvalue weighted by Gasteiger charge is -2.20. The zero-order valence-electron chi connectivity index (χ0n) is 24.5. The molecule has 2 atom stereocenters. The topological polar surface area (TPSA) is 119 Å². The summed E-state index contributed by atoms with van der Waals surface area (Å²) >= 11 is 1.65. The molecule has 0 unspecified atom stereocenters. The van der Waals surface area contributed by atoms with Gasteiger partial charge in [0.1, 0.15) is 0 Å². The number of methoxy groups -OCH3 is 3. The zero-order valence-corrected chi connectivity index (χ0v) is 25.3. The Morgan fingerprint density at radius 1 is 0.976 bits per heavy atom. The first-order valence-electron chi connectivity index (χ1n) is 13.6. The number of nitrogens with one attached hydrogen (secondary N) is 1. The maximum atomic E-state index is 12.0. The number of hydroxylamine groups is 2. The van der Waals surface area contributed by atoms with Crippen LogP contribution in [0.25, 0.3) is 0 Å². The second-order valence-corrected chi connectivity index (χ2v) is 11.0. The third-order valence-corrected chi connectivity index (χ3v) is 7.94. The molecule has 0 saturated carbocycles. The fraction of sp³-hybridized carbons (Fsp3) is 0.387. The molecule has 11 heteroatoms. The van der Waals surface area contributed by atoms with Crippen molar-refractivity contribution < 1.29 is 38.8 Å². The molecule has 1 heterocycles. The van der Waals surface area contributed by atoms with Gasteiger partial charge in [0.2, 0.25) is 5.75 Å². The predicted molar refractivity (Wildman–Crippen MR) is 159 cm³/mol. The molecule has 0 radical (unpaired) electrons. The number of hydrogen-bond acceptors (Lipinski definition) is 9. The van der Waals surface area contributed by atoms with Crippen molar-refractivity contribution in [2.24, 2.45) is 0 Å². The largest absolute Gasteiger partial charge is 0.504 e. The lowest BCUT2D eigenvalue weighted by molar-refractivity contribution is -0.0184. The summed E-state index contributed by atoms with van der Waals surface area (Å²) in [7, 11) is 5.94. The molecule has 42 heavy (non-hydrogen) atoms. The van der Waals surface area contributed by atoms with Crippen molar-refractivity contribution in [3.8, 4) is 28.7 Å². The van der Waals surface area contributed by atoms with Gasteiger partial charge in [-0.05, 0) is 67.3 Å². The van der Waals surface area contributed by atoms with Crippen LogP contribution in [0.5, 0.6) is 28.7 Å². The van der Waals surface area contributed by atoms with Gasteiger partial charge in [-0.1, -0.05) is 17.7 Å². The summed E-state index contributed by atoms with van der Waals surface area (Å²) in [6, 6.07) is 14.8. The van der Waals surface area contributed by atoms with Gasteiger partial charge in [0, 0.05) is 29.8 Å². The first-order valence-corrected chi connectivity index (χ1v) is 14.6. The Bertz CT molecular complexity index is 1340.